The second-order valence-electron chi connectivity index (χ2n) is 3.01. The molecule has 2 bridgehead atoms. The molecule has 3 atom stereocenters. The first-order valence-electron chi connectivity index (χ1n) is 3.47. The highest BCUT2D eigenvalue weighted by Crippen LogP contribution is 2.38. The van der Waals surface area contributed by atoms with Gasteiger partial charge >= 0.3 is 0 Å². The van der Waals surface area contributed by atoms with Crippen molar-refractivity contribution in [2.75, 3.05) is 6.61 Å². The highest BCUT2D eigenvalue weighted by Gasteiger charge is 2.40. The molecule has 50 valence electrons. The third-order valence-electron chi connectivity index (χ3n) is 2.37. The monoisotopic (exact) mass is 126 g/mol. The standard InChI is InChI=1S/C7H10O2/c8-3-6-1-5-2-7(6)9-4-5/h3,5-7H,1-2,4H2. The summed E-state index contributed by atoms with van der Waals surface area (Å²) in [6, 6.07) is 0. The van der Waals surface area contributed by atoms with E-state index in [9.17, 15) is 4.79 Å². The van der Waals surface area contributed by atoms with Gasteiger partial charge in [-0.05, 0) is 18.8 Å². The van der Waals surface area contributed by atoms with E-state index < -0.39 is 0 Å². The summed E-state index contributed by atoms with van der Waals surface area (Å²) in [6.45, 7) is 0.898. The van der Waals surface area contributed by atoms with Crippen LogP contribution in [0.25, 0.3) is 0 Å². The Bertz CT molecular complexity index is 133. The third kappa shape index (κ3) is 0.697. The SMILES string of the molecule is O=CC1CC2COC1C2. The van der Waals surface area contributed by atoms with Crippen LogP contribution in [0.1, 0.15) is 12.8 Å². The lowest BCUT2D eigenvalue weighted by atomic mass is 10.0. The second-order valence-corrected chi connectivity index (χ2v) is 3.01. The number of fused-ring (bicyclic) bond motifs is 2. The molecule has 0 spiro atoms. The van der Waals surface area contributed by atoms with Gasteiger partial charge in [-0.15, -0.1) is 0 Å². The molecule has 0 N–H and O–H groups in total. The van der Waals surface area contributed by atoms with Crippen molar-refractivity contribution in [2.45, 2.75) is 18.9 Å². The smallest absolute Gasteiger partial charge is 0.125 e. The van der Waals surface area contributed by atoms with Crippen LogP contribution >= 0.6 is 0 Å². The quantitative estimate of drug-likeness (QED) is 0.481. The molecule has 0 amide bonds. The molecule has 1 aliphatic carbocycles. The highest BCUT2D eigenvalue weighted by molar-refractivity contribution is 5.55. The minimum Gasteiger partial charge on any atom is -0.377 e. The van der Waals surface area contributed by atoms with Crippen molar-refractivity contribution < 1.29 is 9.53 Å². The van der Waals surface area contributed by atoms with Gasteiger partial charge in [0.2, 0.25) is 0 Å². The summed E-state index contributed by atoms with van der Waals surface area (Å²) in [5, 5.41) is 0. The number of ether oxygens (including phenoxy) is 1. The van der Waals surface area contributed by atoms with E-state index in [4.69, 9.17) is 4.74 Å². The molecule has 0 radical (unpaired) electrons. The first-order chi connectivity index (χ1) is 4.40. The number of hydrogen-bond donors (Lipinski definition) is 0. The molecule has 9 heavy (non-hydrogen) atoms. The Hall–Kier alpha value is -0.370. The summed E-state index contributed by atoms with van der Waals surface area (Å²) >= 11 is 0. The van der Waals surface area contributed by atoms with Crippen molar-refractivity contribution in [2.24, 2.45) is 11.8 Å². The molecule has 2 heteroatoms. The van der Waals surface area contributed by atoms with E-state index in [-0.39, 0.29) is 12.0 Å². The van der Waals surface area contributed by atoms with E-state index in [1.165, 1.54) is 0 Å². The zero-order chi connectivity index (χ0) is 6.27. The van der Waals surface area contributed by atoms with Gasteiger partial charge in [-0.2, -0.15) is 0 Å². The molecular formula is C7H10O2. The van der Waals surface area contributed by atoms with Crippen molar-refractivity contribution in [3.8, 4) is 0 Å². The van der Waals surface area contributed by atoms with Crippen molar-refractivity contribution >= 4 is 6.29 Å². The Labute approximate surface area is 54.2 Å². The van der Waals surface area contributed by atoms with E-state index >= 15 is 0 Å². The zero-order valence-electron chi connectivity index (χ0n) is 5.25. The zero-order valence-corrected chi connectivity index (χ0v) is 5.25. The minimum atomic E-state index is 0.226. The van der Waals surface area contributed by atoms with E-state index in [0.717, 1.165) is 25.7 Å². The lowest BCUT2D eigenvalue weighted by Gasteiger charge is -2.15. The first-order valence-corrected chi connectivity index (χ1v) is 3.47. The Morgan fingerprint density at radius 2 is 2.33 bits per heavy atom. The largest absolute Gasteiger partial charge is 0.377 e. The van der Waals surface area contributed by atoms with Crippen LogP contribution in [0.2, 0.25) is 0 Å². The van der Waals surface area contributed by atoms with Crippen LogP contribution in [0, 0.1) is 11.8 Å². The highest BCUT2D eigenvalue weighted by atomic mass is 16.5. The molecule has 2 fully saturated rings. The summed E-state index contributed by atoms with van der Waals surface area (Å²) in [5.74, 6) is 0.925. The van der Waals surface area contributed by atoms with E-state index in [2.05, 4.69) is 0 Å². The van der Waals surface area contributed by atoms with Gasteiger partial charge in [0.1, 0.15) is 6.29 Å². The molecule has 0 aromatic rings. The van der Waals surface area contributed by atoms with Crippen LogP contribution in [0.5, 0.6) is 0 Å². The van der Waals surface area contributed by atoms with Crippen molar-refractivity contribution in [1.29, 1.82) is 0 Å². The fourth-order valence-corrected chi connectivity index (χ4v) is 1.87. The second kappa shape index (κ2) is 1.81. The number of aldehydes is 1. The maximum absolute atomic E-state index is 10.3. The Balaban J connectivity index is 2.09. The van der Waals surface area contributed by atoms with Gasteiger partial charge < -0.3 is 9.53 Å². The van der Waals surface area contributed by atoms with Crippen LogP contribution in [0.4, 0.5) is 0 Å². The molecule has 2 rings (SSSR count). The molecular weight excluding hydrogens is 116 g/mol. The van der Waals surface area contributed by atoms with Crippen molar-refractivity contribution in [3.05, 3.63) is 0 Å². The topological polar surface area (TPSA) is 26.3 Å². The maximum Gasteiger partial charge on any atom is 0.125 e. The summed E-state index contributed by atoms with van der Waals surface area (Å²) in [5.41, 5.74) is 0. The number of carbonyl (C=O) groups is 1. The van der Waals surface area contributed by atoms with Gasteiger partial charge in [-0.25, -0.2) is 0 Å². The summed E-state index contributed by atoms with van der Waals surface area (Å²) in [4.78, 5) is 10.3. The van der Waals surface area contributed by atoms with E-state index in [1.807, 2.05) is 0 Å². The minimum absolute atomic E-state index is 0.226. The average Bonchev–Trinajstić information content (AvgIpc) is 2.45. The average molecular weight is 126 g/mol. The maximum atomic E-state index is 10.3. The van der Waals surface area contributed by atoms with E-state index in [1.54, 1.807) is 0 Å². The Morgan fingerprint density at radius 3 is 2.67 bits per heavy atom. The molecule has 2 aliphatic rings. The summed E-state index contributed by atoms with van der Waals surface area (Å²) in [6.07, 6.45) is 3.54. The summed E-state index contributed by atoms with van der Waals surface area (Å²) < 4.78 is 5.32. The van der Waals surface area contributed by atoms with Crippen LogP contribution in [0.15, 0.2) is 0 Å². The number of hydrogen-bond acceptors (Lipinski definition) is 2. The lowest BCUT2D eigenvalue weighted by Crippen LogP contribution is -2.20. The number of rotatable bonds is 1. The first kappa shape index (κ1) is 5.42. The molecule has 0 aromatic heterocycles. The fraction of sp³-hybridized carbons (Fsp3) is 0.857. The Kier molecular flexibility index (Phi) is 1.09. The van der Waals surface area contributed by atoms with Gasteiger partial charge in [-0.3, -0.25) is 0 Å². The molecule has 1 aliphatic heterocycles. The van der Waals surface area contributed by atoms with Crippen LogP contribution in [-0.4, -0.2) is 19.0 Å². The van der Waals surface area contributed by atoms with Gasteiger partial charge in [0.05, 0.1) is 6.10 Å². The molecule has 0 aromatic carbocycles. The molecule has 3 unspecified atom stereocenters. The van der Waals surface area contributed by atoms with Gasteiger partial charge in [0.15, 0.2) is 0 Å². The molecule has 2 nitrogen and oxygen atoms in total. The van der Waals surface area contributed by atoms with Crippen LogP contribution in [-0.2, 0) is 9.53 Å². The third-order valence-corrected chi connectivity index (χ3v) is 2.37. The fourth-order valence-electron chi connectivity index (χ4n) is 1.87. The van der Waals surface area contributed by atoms with Gasteiger partial charge in [0.25, 0.3) is 0 Å². The summed E-state index contributed by atoms with van der Waals surface area (Å²) in [7, 11) is 0. The van der Waals surface area contributed by atoms with Crippen LogP contribution < -0.4 is 0 Å². The van der Waals surface area contributed by atoms with Crippen molar-refractivity contribution in [3.63, 3.8) is 0 Å². The van der Waals surface area contributed by atoms with Crippen LogP contribution in [0.3, 0.4) is 0 Å². The normalized spacial score (nSPS) is 47.8. The predicted molar refractivity (Wildman–Crippen MR) is 32.0 cm³/mol. The van der Waals surface area contributed by atoms with Crippen molar-refractivity contribution in [1.82, 2.24) is 0 Å². The van der Waals surface area contributed by atoms with Gasteiger partial charge in [-0.1, -0.05) is 0 Å². The molecule has 1 saturated heterocycles. The molecule has 1 heterocycles. The number of carbonyl (C=O) groups excluding carboxylic acids is 1. The van der Waals surface area contributed by atoms with Gasteiger partial charge in [0, 0.05) is 12.5 Å². The Morgan fingerprint density at radius 1 is 1.44 bits per heavy atom. The molecule has 1 saturated carbocycles. The predicted octanol–water partition coefficient (Wildman–Crippen LogP) is 0.610. The lowest BCUT2D eigenvalue weighted by molar-refractivity contribution is -0.115. The van der Waals surface area contributed by atoms with E-state index in [0.29, 0.717) is 5.92 Å².